The van der Waals surface area contributed by atoms with E-state index >= 15 is 0 Å². The van der Waals surface area contributed by atoms with Crippen LogP contribution in [-0.4, -0.2) is 34.7 Å². The third kappa shape index (κ3) is 3.51. The summed E-state index contributed by atoms with van der Waals surface area (Å²) in [5.41, 5.74) is 1.36. The number of imidazole rings is 1. The van der Waals surface area contributed by atoms with Gasteiger partial charge in [-0.1, -0.05) is 6.07 Å². The Bertz CT molecular complexity index is 893. The van der Waals surface area contributed by atoms with Gasteiger partial charge in [0.25, 0.3) is 5.91 Å². The van der Waals surface area contributed by atoms with Crippen LogP contribution < -0.4 is 14.8 Å². The van der Waals surface area contributed by atoms with E-state index in [1.165, 1.54) is 0 Å². The molecule has 0 bridgehead atoms. The molecule has 1 atom stereocenters. The number of ether oxygens (including phenoxy) is 2. The Labute approximate surface area is 151 Å². The average Bonchev–Trinajstić information content (AvgIpc) is 3.11. The van der Waals surface area contributed by atoms with Gasteiger partial charge in [0.05, 0.1) is 14.2 Å². The predicted molar refractivity (Wildman–Crippen MR) is 96.3 cm³/mol. The van der Waals surface area contributed by atoms with E-state index in [9.17, 15) is 4.79 Å². The highest BCUT2D eigenvalue weighted by molar-refractivity contribution is 5.94. The lowest BCUT2D eigenvalue weighted by Crippen LogP contribution is -2.31. The van der Waals surface area contributed by atoms with E-state index in [-0.39, 0.29) is 5.91 Å². The number of aryl methyl sites for hydroxylation is 1. The molecule has 0 spiro atoms. The number of carbonyl (C=O) groups is 1. The Morgan fingerprint density at radius 3 is 2.42 bits per heavy atom. The van der Waals surface area contributed by atoms with E-state index in [0.29, 0.717) is 22.9 Å². The number of pyridine rings is 1. The molecule has 0 aliphatic heterocycles. The van der Waals surface area contributed by atoms with Gasteiger partial charge in [0.1, 0.15) is 11.9 Å². The maximum absolute atomic E-state index is 12.7. The fourth-order valence-electron chi connectivity index (χ4n) is 2.70. The van der Waals surface area contributed by atoms with Gasteiger partial charge in [0, 0.05) is 37.4 Å². The Hall–Kier alpha value is -3.35. The van der Waals surface area contributed by atoms with Gasteiger partial charge in [-0.05, 0) is 29.8 Å². The number of carbonyl (C=O) groups excluding carboxylic acids is 1. The molecule has 1 N–H and O–H groups in total. The fraction of sp³-hybridized carbons (Fsp3) is 0.211. The molecule has 0 fully saturated rings. The van der Waals surface area contributed by atoms with Gasteiger partial charge in [-0.3, -0.25) is 9.78 Å². The van der Waals surface area contributed by atoms with Crippen molar-refractivity contribution in [2.75, 3.05) is 14.2 Å². The zero-order chi connectivity index (χ0) is 18.5. The van der Waals surface area contributed by atoms with Gasteiger partial charge in [0.2, 0.25) is 0 Å². The second-order valence-electron chi connectivity index (χ2n) is 5.65. The minimum atomic E-state index is -0.449. The minimum Gasteiger partial charge on any atom is -0.493 e. The van der Waals surface area contributed by atoms with Crippen LogP contribution in [0.1, 0.15) is 27.8 Å². The molecule has 3 rings (SSSR count). The molecule has 2 heterocycles. The lowest BCUT2D eigenvalue weighted by atomic mass is 10.0. The second kappa shape index (κ2) is 7.69. The molecule has 0 aliphatic carbocycles. The molecule has 0 unspecified atom stereocenters. The number of nitrogens with one attached hydrogen (secondary N) is 1. The van der Waals surface area contributed by atoms with Crippen LogP contribution in [0.3, 0.4) is 0 Å². The van der Waals surface area contributed by atoms with Crippen molar-refractivity contribution in [2.24, 2.45) is 7.05 Å². The van der Waals surface area contributed by atoms with Crippen molar-refractivity contribution in [3.05, 3.63) is 72.1 Å². The monoisotopic (exact) mass is 352 g/mol. The van der Waals surface area contributed by atoms with Crippen LogP contribution in [0.15, 0.2) is 55.1 Å². The Morgan fingerprint density at radius 2 is 1.81 bits per heavy atom. The van der Waals surface area contributed by atoms with E-state index in [4.69, 9.17) is 9.47 Å². The summed E-state index contributed by atoms with van der Waals surface area (Å²) >= 11 is 0. The van der Waals surface area contributed by atoms with Crippen LogP contribution in [-0.2, 0) is 7.05 Å². The topological polar surface area (TPSA) is 78.3 Å². The molecule has 2 aromatic heterocycles. The summed E-state index contributed by atoms with van der Waals surface area (Å²) in [6, 6.07) is 8.41. The first-order valence-electron chi connectivity index (χ1n) is 8.04. The summed E-state index contributed by atoms with van der Waals surface area (Å²) in [4.78, 5) is 21.0. The molecule has 3 aromatic rings. The zero-order valence-electron chi connectivity index (χ0n) is 14.8. The summed E-state index contributed by atoms with van der Waals surface area (Å²) < 4.78 is 12.6. The number of nitrogens with zero attached hydrogens (tertiary/aromatic N) is 3. The Kier molecular flexibility index (Phi) is 5.17. The first-order chi connectivity index (χ1) is 12.6. The van der Waals surface area contributed by atoms with E-state index in [2.05, 4.69) is 15.3 Å². The fourth-order valence-corrected chi connectivity index (χ4v) is 2.70. The van der Waals surface area contributed by atoms with E-state index in [1.807, 2.05) is 36.0 Å². The normalized spacial score (nSPS) is 11.7. The summed E-state index contributed by atoms with van der Waals surface area (Å²) in [5, 5.41) is 3.04. The molecule has 7 heteroatoms. The number of aromatic nitrogens is 3. The number of benzene rings is 1. The molecule has 0 saturated carbocycles. The van der Waals surface area contributed by atoms with E-state index in [0.717, 1.165) is 5.56 Å². The molecular formula is C19H20N4O3. The minimum absolute atomic E-state index is 0.213. The molecule has 0 radical (unpaired) electrons. The van der Waals surface area contributed by atoms with Crippen LogP contribution in [0, 0.1) is 0 Å². The zero-order valence-corrected chi connectivity index (χ0v) is 14.8. The van der Waals surface area contributed by atoms with Gasteiger partial charge < -0.3 is 19.4 Å². The van der Waals surface area contributed by atoms with Crippen molar-refractivity contribution in [3.8, 4) is 11.5 Å². The van der Waals surface area contributed by atoms with Crippen LogP contribution in [0.25, 0.3) is 0 Å². The van der Waals surface area contributed by atoms with Crippen LogP contribution in [0.2, 0.25) is 0 Å². The molecule has 1 amide bonds. The van der Waals surface area contributed by atoms with Crippen LogP contribution in [0.4, 0.5) is 0 Å². The van der Waals surface area contributed by atoms with Gasteiger partial charge in [-0.25, -0.2) is 4.98 Å². The maximum atomic E-state index is 12.7. The highest BCUT2D eigenvalue weighted by Crippen LogP contribution is 2.32. The maximum Gasteiger partial charge on any atom is 0.252 e. The quantitative estimate of drug-likeness (QED) is 0.737. The largest absolute Gasteiger partial charge is 0.493 e. The van der Waals surface area contributed by atoms with E-state index in [1.54, 1.807) is 44.9 Å². The summed E-state index contributed by atoms with van der Waals surface area (Å²) in [7, 11) is 5.04. The highest BCUT2D eigenvalue weighted by atomic mass is 16.5. The van der Waals surface area contributed by atoms with Crippen molar-refractivity contribution in [1.82, 2.24) is 19.9 Å². The van der Waals surface area contributed by atoms with Crippen molar-refractivity contribution >= 4 is 5.91 Å². The molecule has 26 heavy (non-hydrogen) atoms. The van der Waals surface area contributed by atoms with Gasteiger partial charge in [-0.15, -0.1) is 0 Å². The number of hydrogen-bond donors (Lipinski definition) is 1. The molecule has 0 aliphatic rings. The summed E-state index contributed by atoms with van der Waals surface area (Å²) in [6.45, 7) is 0. The lowest BCUT2D eigenvalue weighted by molar-refractivity contribution is 0.0941. The van der Waals surface area contributed by atoms with Crippen molar-refractivity contribution in [1.29, 1.82) is 0 Å². The second-order valence-corrected chi connectivity index (χ2v) is 5.65. The molecular weight excluding hydrogens is 332 g/mol. The number of rotatable bonds is 6. The Balaban J connectivity index is 1.99. The standard InChI is InChI=1S/C19H20N4O3/c1-23-11-10-21-18(23)17(22-19(24)13-6-8-20-9-7-13)14-4-5-15(25-2)16(12-14)26-3/h4-12,17H,1-3H3,(H,22,24)/t17-/m1/s1. The number of methoxy groups -OCH3 is 2. The molecule has 1 aromatic carbocycles. The van der Waals surface area contributed by atoms with Gasteiger partial charge >= 0.3 is 0 Å². The summed E-state index contributed by atoms with van der Waals surface area (Å²) in [5.74, 6) is 1.70. The third-order valence-electron chi connectivity index (χ3n) is 4.08. The first kappa shape index (κ1) is 17.5. The number of amides is 1. The summed E-state index contributed by atoms with van der Waals surface area (Å²) in [6.07, 6.45) is 6.70. The highest BCUT2D eigenvalue weighted by Gasteiger charge is 2.22. The Morgan fingerprint density at radius 1 is 1.08 bits per heavy atom. The third-order valence-corrected chi connectivity index (χ3v) is 4.08. The van der Waals surface area contributed by atoms with Crippen molar-refractivity contribution in [3.63, 3.8) is 0 Å². The van der Waals surface area contributed by atoms with Gasteiger partial charge in [0.15, 0.2) is 11.5 Å². The van der Waals surface area contributed by atoms with Gasteiger partial charge in [-0.2, -0.15) is 0 Å². The average molecular weight is 352 g/mol. The van der Waals surface area contributed by atoms with Crippen molar-refractivity contribution in [2.45, 2.75) is 6.04 Å². The lowest BCUT2D eigenvalue weighted by Gasteiger charge is -2.20. The smallest absolute Gasteiger partial charge is 0.252 e. The SMILES string of the molecule is COc1ccc([C@@H](NC(=O)c2ccncc2)c2nccn2C)cc1OC. The van der Waals surface area contributed by atoms with E-state index < -0.39 is 6.04 Å². The van der Waals surface area contributed by atoms with Crippen LogP contribution in [0.5, 0.6) is 11.5 Å². The molecule has 0 saturated heterocycles. The predicted octanol–water partition coefficient (Wildman–Crippen LogP) is 2.35. The van der Waals surface area contributed by atoms with Crippen LogP contribution >= 0.6 is 0 Å². The molecule has 7 nitrogen and oxygen atoms in total. The number of hydrogen-bond acceptors (Lipinski definition) is 5. The molecule has 134 valence electrons. The van der Waals surface area contributed by atoms with Crippen molar-refractivity contribution < 1.29 is 14.3 Å². The first-order valence-corrected chi connectivity index (χ1v) is 8.04.